The molecule has 0 saturated carbocycles. The van der Waals surface area contributed by atoms with Gasteiger partial charge in [0.1, 0.15) is 11.5 Å². The first-order chi connectivity index (χ1) is 21.5. The molecule has 0 radical (unpaired) electrons. The maximum Gasteiger partial charge on any atom is 0.167 e. The monoisotopic (exact) mass is 628 g/mol. The molecule has 0 heterocycles. The Kier molecular flexibility index (Phi) is 9.81. The number of aromatic hydroxyl groups is 6. The molecule has 0 unspecified atom stereocenters. The fourth-order valence-electron chi connectivity index (χ4n) is 6.33. The van der Waals surface area contributed by atoms with Gasteiger partial charge in [0, 0.05) is 69.7 Å². The second kappa shape index (κ2) is 13.1. The van der Waals surface area contributed by atoms with Crippen molar-refractivity contribution < 1.29 is 30.6 Å². The van der Waals surface area contributed by atoms with Crippen LogP contribution in [0.4, 0.5) is 0 Å². The van der Waals surface area contributed by atoms with Crippen molar-refractivity contribution in [2.24, 2.45) is 21.8 Å². The highest BCUT2D eigenvalue weighted by Crippen LogP contribution is 2.54. The zero-order valence-electron chi connectivity index (χ0n) is 28.6. The van der Waals surface area contributed by atoms with Crippen LogP contribution in [0.25, 0.3) is 32.7 Å². The predicted octanol–water partition coefficient (Wildman–Crippen LogP) is 8.91. The lowest BCUT2D eigenvalue weighted by Crippen LogP contribution is -2.02. The molecule has 0 saturated heterocycles. The van der Waals surface area contributed by atoms with E-state index in [1.165, 1.54) is 12.4 Å². The molecule has 0 bridgehead atoms. The lowest BCUT2D eigenvalue weighted by molar-refractivity contribution is 0.398. The normalized spacial score (nSPS) is 12.6. The third-order valence-electron chi connectivity index (χ3n) is 8.37. The van der Waals surface area contributed by atoms with Crippen molar-refractivity contribution in [3.63, 3.8) is 0 Å². The van der Waals surface area contributed by atoms with Gasteiger partial charge in [-0.1, -0.05) is 67.5 Å². The molecular formula is C38H48N2O6. The summed E-state index contributed by atoms with van der Waals surface area (Å²) >= 11 is 0. The number of aliphatic imine (C=N–C) groups is 2. The van der Waals surface area contributed by atoms with Gasteiger partial charge in [-0.15, -0.1) is 0 Å². The molecule has 0 spiro atoms. The van der Waals surface area contributed by atoms with E-state index in [1.807, 2.05) is 81.4 Å². The summed E-state index contributed by atoms with van der Waals surface area (Å²) in [6, 6.07) is 3.70. The van der Waals surface area contributed by atoms with Gasteiger partial charge in [0.15, 0.2) is 23.0 Å². The van der Waals surface area contributed by atoms with Crippen LogP contribution < -0.4 is 0 Å². The molecule has 0 aliphatic rings. The summed E-state index contributed by atoms with van der Waals surface area (Å²) in [7, 11) is 0. The van der Waals surface area contributed by atoms with E-state index < -0.39 is 0 Å². The molecule has 46 heavy (non-hydrogen) atoms. The smallest absolute Gasteiger partial charge is 0.167 e. The third kappa shape index (κ3) is 5.93. The summed E-state index contributed by atoms with van der Waals surface area (Å²) in [6.07, 6.45) is 2.96. The van der Waals surface area contributed by atoms with Crippen molar-refractivity contribution in [3.8, 4) is 45.6 Å². The highest BCUT2D eigenvalue weighted by Gasteiger charge is 2.29. The van der Waals surface area contributed by atoms with Gasteiger partial charge in [-0.2, -0.15) is 0 Å². The number of fused-ring (bicyclic) bond motifs is 2. The first-order valence-electron chi connectivity index (χ1n) is 16.0. The Hall–Kier alpha value is -4.46. The van der Waals surface area contributed by atoms with E-state index in [9.17, 15) is 30.6 Å². The Bertz CT molecular complexity index is 1750. The molecule has 0 aromatic heterocycles. The number of nitrogens with zero attached hydrogens (tertiary/aromatic N) is 2. The van der Waals surface area contributed by atoms with Gasteiger partial charge in [0.2, 0.25) is 0 Å². The number of phenols is 6. The molecule has 8 nitrogen and oxygen atoms in total. The molecule has 0 fully saturated rings. The average molecular weight is 629 g/mol. The van der Waals surface area contributed by atoms with Crippen molar-refractivity contribution in [2.75, 3.05) is 13.1 Å². The van der Waals surface area contributed by atoms with Crippen LogP contribution in [0.1, 0.15) is 101 Å². The predicted molar refractivity (Wildman–Crippen MR) is 189 cm³/mol. The van der Waals surface area contributed by atoms with Crippen LogP contribution in [0, 0.1) is 25.7 Å². The summed E-state index contributed by atoms with van der Waals surface area (Å²) < 4.78 is 0. The zero-order chi connectivity index (χ0) is 34.4. The zero-order valence-corrected chi connectivity index (χ0v) is 28.6. The SMILES string of the molecule is Cc1cc2c(C(C)C)c(O)c(O)c(C=NCC(C)C)c2c(O)c1-c1c(C)cc2c(C(C)C)c(O)c(O)c(C=NCC(C)C)c2c1O. The van der Waals surface area contributed by atoms with E-state index in [0.29, 0.717) is 68.0 Å². The van der Waals surface area contributed by atoms with Crippen LogP contribution in [-0.2, 0) is 0 Å². The third-order valence-corrected chi connectivity index (χ3v) is 8.37. The van der Waals surface area contributed by atoms with E-state index >= 15 is 0 Å². The maximum absolute atomic E-state index is 12.1. The Balaban J connectivity index is 2.22. The van der Waals surface area contributed by atoms with Gasteiger partial charge in [0.25, 0.3) is 0 Å². The molecule has 246 valence electrons. The highest BCUT2D eigenvalue weighted by atomic mass is 16.3. The quantitative estimate of drug-likeness (QED) is 0.0806. The summed E-state index contributed by atoms with van der Waals surface area (Å²) in [4.78, 5) is 8.97. The minimum atomic E-state index is -0.376. The Labute approximate surface area is 271 Å². The van der Waals surface area contributed by atoms with E-state index in [1.54, 1.807) is 0 Å². The largest absolute Gasteiger partial charge is 0.507 e. The molecule has 0 aliphatic heterocycles. The molecule has 8 heteroatoms. The van der Waals surface area contributed by atoms with Gasteiger partial charge in [-0.05, 0) is 59.4 Å². The molecular weight excluding hydrogens is 580 g/mol. The van der Waals surface area contributed by atoms with E-state index in [2.05, 4.69) is 9.98 Å². The van der Waals surface area contributed by atoms with Crippen LogP contribution in [0.15, 0.2) is 22.1 Å². The lowest BCUT2D eigenvalue weighted by Gasteiger charge is -2.23. The fourth-order valence-corrected chi connectivity index (χ4v) is 6.33. The molecule has 4 rings (SSSR count). The number of hydrogen-bond donors (Lipinski definition) is 6. The Morgan fingerprint density at radius 3 is 1.13 bits per heavy atom. The van der Waals surface area contributed by atoms with Crippen molar-refractivity contribution in [1.82, 2.24) is 0 Å². The van der Waals surface area contributed by atoms with Crippen LogP contribution in [-0.4, -0.2) is 56.2 Å². The minimum absolute atomic E-state index is 0.181. The molecule has 6 N–H and O–H groups in total. The summed E-state index contributed by atoms with van der Waals surface area (Å²) in [6.45, 7) is 20.3. The molecule has 4 aromatic rings. The van der Waals surface area contributed by atoms with Crippen LogP contribution in [0.2, 0.25) is 0 Å². The highest BCUT2D eigenvalue weighted by molar-refractivity contribution is 6.15. The Morgan fingerprint density at radius 1 is 0.522 bits per heavy atom. The van der Waals surface area contributed by atoms with E-state index in [4.69, 9.17) is 0 Å². The van der Waals surface area contributed by atoms with Crippen molar-refractivity contribution >= 4 is 34.0 Å². The second-order valence-corrected chi connectivity index (χ2v) is 13.8. The molecule has 4 aromatic carbocycles. The topological polar surface area (TPSA) is 146 Å². The van der Waals surface area contributed by atoms with Gasteiger partial charge in [-0.3, -0.25) is 9.98 Å². The summed E-state index contributed by atoms with van der Waals surface area (Å²) in [5.74, 6) is -1.50. The van der Waals surface area contributed by atoms with Gasteiger partial charge in [0.05, 0.1) is 0 Å². The Morgan fingerprint density at radius 2 is 0.848 bits per heavy atom. The standard InChI is InChI=1S/C38H48N2O6/c1-17(2)13-39-15-25-31-23(27(19(5)6)37(45)33(25)41)11-21(9)29(35(31)43)30-22(10)12-24-28(20(7)8)38(46)34(42)26(32(24)36(30)44)16-40-14-18(3)4/h11-12,15-20,41-46H,13-14H2,1-10H3. The number of aryl methyl sites for hydroxylation is 2. The first-order valence-corrected chi connectivity index (χ1v) is 16.0. The molecule has 0 amide bonds. The number of benzene rings is 4. The first kappa shape index (κ1) is 34.4. The number of phenolic OH excluding ortho intramolecular Hbond substituents is 6. The lowest BCUT2D eigenvalue weighted by atomic mass is 9.83. The van der Waals surface area contributed by atoms with Crippen LogP contribution in [0.5, 0.6) is 34.5 Å². The average Bonchev–Trinajstić information content (AvgIpc) is 2.94. The van der Waals surface area contributed by atoms with E-state index in [0.717, 1.165) is 0 Å². The van der Waals surface area contributed by atoms with Crippen molar-refractivity contribution in [3.05, 3.63) is 45.5 Å². The van der Waals surface area contributed by atoms with Crippen LogP contribution in [0.3, 0.4) is 0 Å². The van der Waals surface area contributed by atoms with Gasteiger partial charge >= 0.3 is 0 Å². The molecule has 0 aliphatic carbocycles. The minimum Gasteiger partial charge on any atom is -0.507 e. The molecule has 0 atom stereocenters. The summed E-state index contributed by atoms with van der Waals surface area (Å²) in [5, 5.41) is 70.7. The second-order valence-electron chi connectivity index (χ2n) is 13.8. The number of rotatable bonds is 9. The summed E-state index contributed by atoms with van der Waals surface area (Å²) in [5.41, 5.74) is 3.27. The number of hydrogen-bond acceptors (Lipinski definition) is 8. The van der Waals surface area contributed by atoms with Crippen molar-refractivity contribution in [2.45, 2.75) is 81.1 Å². The van der Waals surface area contributed by atoms with Crippen LogP contribution >= 0.6 is 0 Å². The van der Waals surface area contributed by atoms with E-state index in [-0.39, 0.29) is 69.3 Å². The fraction of sp³-hybridized carbons (Fsp3) is 0.421. The van der Waals surface area contributed by atoms with Crippen molar-refractivity contribution in [1.29, 1.82) is 0 Å². The van der Waals surface area contributed by atoms with Gasteiger partial charge in [-0.25, -0.2) is 0 Å². The van der Waals surface area contributed by atoms with Gasteiger partial charge < -0.3 is 30.6 Å². The maximum atomic E-state index is 12.1.